The second-order valence-corrected chi connectivity index (χ2v) is 5.11. The van der Waals surface area contributed by atoms with Crippen LogP contribution >= 0.6 is 0 Å². The second kappa shape index (κ2) is 3.47. The summed E-state index contributed by atoms with van der Waals surface area (Å²) >= 11 is 0. The van der Waals surface area contributed by atoms with Crippen LogP contribution in [0.4, 0.5) is 0 Å². The Bertz CT molecular complexity index is 407. The van der Waals surface area contributed by atoms with Gasteiger partial charge in [0.2, 0.25) is 0 Å². The molecule has 2 bridgehead atoms. The number of hydrogen-bond acceptors (Lipinski definition) is 3. The van der Waals surface area contributed by atoms with Crippen molar-refractivity contribution in [3.63, 3.8) is 0 Å². The van der Waals surface area contributed by atoms with E-state index < -0.39 is 0 Å². The molecule has 0 spiro atoms. The summed E-state index contributed by atoms with van der Waals surface area (Å²) in [7, 11) is 0. The summed E-state index contributed by atoms with van der Waals surface area (Å²) < 4.78 is 5.80. The molecule has 2 saturated heterocycles. The quantitative estimate of drug-likeness (QED) is 0.794. The minimum atomic E-state index is -0.225. The SMILES string of the molecule is NC1(Cc2cccc(O)c2)CC2CCC1O2. The highest BCUT2D eigenvalue weighted by molar-refractivity contribution is 5.29. The topological polar surface area (TPSA) is 55.5 Å². The maximum Gasteiger partial charge on any atom is 0.115 e. The molecule has 16 heavy (non-hydrogen) atoms. The van der Waals surface area contributed by atoms with Gasteiger partial charge in [0.15, 0.2) is 0 Å². The normalized spacial score (nSPS) is 36.8. The lowest BCUT2D eigenvalue weighted by Crippen LogP contribution is -2.50. The molecular formula is C13H17NO2. The van der Waals surface area contributed by atoms with Gasteiger partial charge in [0.1, 0.15) is 5.75 Å². The summed E-state index contributed by atoms with van der Waals surface area (Å²) in [6, 6.07) is 7.35. The van der Waals surface area contributed by atoms with Gasteiger partial charge in [-0.05, 0) is 43.4 Å². The van der Waals surface area contributed by atoms with E-state index in [4.69, 9.17) is 10.5 Å². The van der Waals surface area contributed by atoms with Gasteiger partial charge in [-0.2, -0.15) is 0 Å². The zero-order valence-electron chi connectivity index (χ0n) is 9.23. The monoisotopic (exact) mass is 219 g/mol. The summed E-state index contributed by atoms with van der Waals surface area (Å²) in [5.74, 6) is 0.310. The molecule has 3 atom stereocenters. The lowest BCUT2D eigenvalue weighted by atomic mass is 9.78. The highest BCUT2D eigenvalue weighted by atomic mass is 16.5. The van der Waals surface area contributed by atoms with E-state index in [1.54, 1.807) is 12.1 Å². The molecule has 0 radical (unpaired) electrons. The highest BCUT2D eigenvalue weighted by Crippen LogP contribution is 2.41. The number of fused-ring (bicyclic) bond motifs is 2. The third-order valence-electron chi connectivity index (χ3n) is 3.80. The molecular weight excluding hydrogens is 202 g/mol. The van der Waals surface area contributed by atoms with Crippen molar-refractivity contribution in [3.8, 4) is 5.75 Å². The summed E-state index contributed by atoms with van der Waals surface area (Å²) in [5, 5.41) is 9.43. The maximum absolute atomic E-state index is 9.43. The molecule has 3 N–H and O–H groups in total. The van der Waals surface area contributed by atoms with Crippen molar-refractivity contribution in [3.05, 3.63) is 29.8 Å². The Hall–Kier alpha value is -1.06. The minimum absolute atomic E-state index is 0.208. The predicted octanol–water partition coefficient (Wildman–Crippen LogP) is 1.58. The smallest absolute Gasteiger partial charge is 0.115 e. The number of rotatable bonds is 2. The van der Waals surface area contributed by atoms with Crippen LogP contribution in [0.2, 0.25) is 0 Å². The van der Waals surface area contributed by atoms with Crippen LogP contribution in [0.3, 0.4) is 0 Å². The fourth-order valence-corrected chi connectivity index (χ4v) is 3.07. The first-order valence-corrected chi connectivity index (χ1v) is 5.88. The Balaban J connectivity index is 1.79. The fraction of sp³-hybridized carbons (Fsp3) is 0.538. The molecule has 1 aromatic rings. The van der Waals surface area contributed by atoms with Crippen molar-refractivity contribution in [1.29, 1.82) is 0 Å². The van der Waals surface area contributed by atoms with Gasteiger partial charge in [0.25, 0.3) is 0 Å². The Labute approximate surface area is 95.2 Å². The average molecular weight is 219 g/mol. The van der Waals surface area contributed by atoms with Crippen molar-refractivity contribution in [2.75, 3.05) is 0 Å². The third-order valence-corrected chi connectivity index (χ3v) is 3.80. The van der Waals surface area contributed by atoms with Crippen LogP contribution in [-0.2, 0) is 11.2 Å². The van der Waals surface area contributed by atoms with Crippen LogP contribution in [0.5, 0.6) is 5.75 Å². The zero-order chi connectivity index (χ0) is 11.2. The van der Waals surface area contributed by atoms with Gasteiger partial charge in [-0.1, -0.05) is 12.1 Å². The minimum Gasteiger partial charge on any atom is -0.508 e. The molecule has 86 valence electrons. The number of phenolic OH excluding ortho intramolecular Hbond substituents is 1. The van der Waals surface area contributed by atoms with E-state index in [9.17, 15) is 5.11 Å². The number of aromatic hydroxyl groups is 1. The number of hydrogen-bond donors (Lipinski definition) is 2. The molecule has 3 nitrogen and oxygen atoms in total. The number of phenols is 1. The van der Waals surface area contributed by atoms with Crippen molar-refractivity contribution in [1.82, 2.24) is 0 Å². The zero-order valence-corrected chi connectivity index (χ0v) is 9.23. The number of ether oxygens (including phenoxy) is 1. The van der Waals surface area contributed by atoms with Gasteiger partial charge in [-0.15, -0.1) is 0 Å². The van der Waals surface area contributed by atoms with Crippen LogP contribution in [0.1, 0.15) is 24.8 Å². The van der Waals surface area contributed by atoms with Crippen molar-refractivity contribution in [2.24, 2.45) is 5.73 Å². The van der Waals surface area contributed by atoms with E-state index in [1.807, 2.05) is 12.1 Å². The standard InChI is InChI=1S/C13H17NO2/c14-13(8-11-4-5-12(13)16-11)7-9-2-1-3-10(15)6-9/h1-3,6,11-12,15H,4-5,7-8,14H2. The Morgan fingerprint density at radius 1 is 1.44 bits per heavy atom. The van der Waals surface area contributed by atoms with E-state index in [0.717, 1.165) is 31.2 Å². The largest absolute Gasteiger partial charge is 0.508 e. The van der Waals surface area contributed by atoms with E-state index in [0.29, 0.717) is 11.9 Å². The molecule has 1 aromatic carbocycles. The molecule has 2 aliphatic rings. The van der Waals surface area contributed by atoms with Gasteiger partial charge in [0.05, 0.1) is 12.2 Å². The van der Waals surface area contributed by atoms with Crippen LogP contribution in [0, 0.1) is 0 Å². The van der Waals surface area contributed by atoms with Gasteiger partial charge in [0, 0.05) is 5.54 Å². The molecule has 3 heteroatoms. The first-order valence-electron chi connectivity index (χ1n) is 5.88. The lowest BCUT2D eigenvalue weighted by Gasteiger charge is -2.31. The first-order chi connectivity index (χ1) is 7.66. The van der Waals surface area contributed by atoms with Crippen molar-refractivity contribution in [2.45, 2.75) is 43.4 Å². The van der Waals surface area contributed by atoms with Crippen molar-refractivity contribution < 1.29 is 9.84 Å². The third kappa shape index (κ3) is 1.60. The van der Waals surface area contributed by atoms with Crippen LogP contribution in [-0.4, -0.2) is 22.9 Å². The number of nitrogens with two attached hydrogens (primary N) is 1. The fourth-order valence-electron chi connectivity index (χ4n) is 3.07. The first kappa shape index (κ1) is 10.1. The molecule has 0 aromatic heterocycles. The van der Waals surface area contributed by atoms with E-state index in [1.165, 1.54) is 0 Å². The van der Waals surface area contributed by atoms with E-state index in [2.05, 4.69) is 0 Å². The van der Waals surface area contributed by atoms with Gasteiger partial charge < -0.3 is 15.6 Å². The molecule has 0 aliphatic carbocycles. The molecule has 2 heterocycles. The Kier molecular flexibility index (Phi) is 2.19. The Morgan fingerprint density at radius 3 is 2.94 bits per heavy atom. The summed E-state index contributed by atoms with van der Waals surface area (Å²) in [6.45, 7) is 0. The molecule has 3 rings (SSSR count). The summed E-state index contributed by atoms with van der Waals surface area (Å²) in [6.07, 6.45) is 4.56. The summed E-state index contributed by atoms with van der Waals surface area (Å²) in [4.78, 5) is 0. The van der Waals surface area contributed by atoms with Crippen molar-refractivity contribution >= 4 is 0 Å². The van der Waals surface area contributed by atoms with E-state index >= 15 is 0 Å². The maximum atomic E-state index is 9.43. The Morgan fingerprint density at radius 2 is 2.31 bits per heavy atom. The van der Waals surface area contributed by atoms with Gasteiger partial charge in [-0.3, -0.25) is 0 Å². The number of benzene rings is 1. The van der Waals surface area contributed by atoms with Crippen LogP contribution in [0.15, 0.2) is 24.3 Å². The van der Waals surface area contributed by atoms with E-state index in [-0.39, 0.29) is 11.6 Å². The lowest BCUT2D eigenvalue weighted by molar-refractivity contribution is 0.0856. The highest BCUT2D eigenvalue weighted by Gasteiger charge is 2.49. The summed E-state index contributed by atoms with van der Waals surface area (Å²) in [5.41, 5.74) is 7.29. The van der Waals surface area contributed by atoms with Crippen LogP contribution in [0.25, 0.3) is 0 Å². The predicted molar refractivity (Wildman–Crippen MR) is 61.2 cm³/mol. The molecule has 3 unspecified atom stereocenters. The van der Waals surface area contributed by atoms with Crippen LogP contribution < -0.4 is 5.73 Å². The molecule has 2 fully saturated rings. The second-order valence-electron chi connectivity index (χ2n) is 5.11. The molecule has 0 amide bonds. The van der Waals surface area contributed by atoms with Gasteiger partial charge >= 0.3 is 0 Å². The molecule has 0 saturated carbocycles. The molecule has 2 aliphatic heterocycles. The van der Waals surface area contributed by atoms with Gasteiger partial charge in [-0.25, -0.2) is 0 Å². The average Bonchev–Trinajstić information content (AvgIpc) is 2.76.